The number of rotatable bonds is 4. The topological polar surface area (TPSA) is 131 Å². The molecule has 11 nitrogen and oxygen atoms in total. The van der Waals surface area contributed by atoms with Gasteiger partial charge in [0.15, 0.2) is 11.5 Å². The van der Waals surface area contributed by atoms with E-state index in [0.717, 1.165) is 17.0 Å². The average Bonchev–Trinajstić information content (AvgIpc) is 3.71. The first-order chi connectivity index (χ1) is 20.5. The van der Waals surface area contributed by atoms with Gasteiger partial charge in [-0.25, -0.2) is 4.98 Å². The van der Waals surface area contributed by atoms with E-state index >= 15 is 0 Å². The number of nitrogens with one attached hydrogen (secondary N) is 3. The maximum Gasteiger partial charge on any atom is 0.255 e. The lowest BCUT2D eigenvalue weighted by Gasteiger charge is -2.24. The minimum Gasteiger partial charge on any atom is -0.493 e. The van der Waals surface area contributed by atoms with Crippen molar-refractivity contribution in [3.05, 3.63) is 90.5 Å². The lowest BCUT2D eigenvalue weighted by Crippen LogP contribution is -2.51. The minimum absolute atomic E-state index is 0.209. The van der Waals surface area contributed by atoms with Gasteiger partial charge in [-0.1, -0.05) is 30.3 Å². The zero-order valence-electron chi connectivity index (χ0n) is 23.4. The molecule has 2 aromatic carbocycles. The number of benzene rings is 2. The molecule has 11 heteroatoms. The van der Waals surface area contributed by atoms with Gasteiger partial charge < -0.3 is 34.6 Å². The van der Waals surface area contributed by atoms with Gasteiger partial charge in [-0.2, -0.15) is 0 Å². The molecule has 0 fully saturated rings. The molecular weight excluding hydrogens is 536 g/mol. The number of carbonyl (C=O) groups is 3. The summed E-state index contributed by atoms with van der Waals surface area (Å²) >= 11 is 0. The fourth-order valence-corrected chi connectivity index (χ4v) is 4.90. The van der Waals surface area contributed by atoms with Crippen LogP contribution in [-0.4, -0.2) is 76.5 Å². The van der Waals surface area contributed by atoms with Crippen LogP contribution in [0.2, 0.25) is 0 Å². The van der Waals surface area contributed by atoms with Crippen LogP contribution in [0.1, 0.15) is 22.3 Å². The number of aromatic amines is 1. The fourth-order valence-electron chi connectivity index (χ4n) is 4.90. The van der Waals surface area contributed by atoms with Gasteiger partial charge in [0, 0.05) is 56.4 Å². The summed E-state index contributed by atoms with van der Waals surface area (Å²) in [6, 6.07) is 15.9. The monoisotopic (exact) mass is 570 g/mol. The number of nitrogens with zero attached hydrogens (tertiary/aromatic N) is 3. The van der Waals surface area contributed by atoms with Crippen molar-refractivity contribution in [3.63, 3.8) is 0 Å². The van der Waals surface area contributed by atoms with E-state index in [4.69, 9.17) is 9.47 Å². The highest BCUT2D eigenvalue weighted by atomic mass is 16.5. The molecular formula is C31H34N6O5. The Bertz CT molecular complexity index is 1500. The average molecular weight is 571 g/mol. The standard InChI is InChI=1S/C31H34N6O5/c1-41-26-9-8-23-19-27(26)42-17-5-14-37(31(40)24-10-11-32-20-24)21-28(38)35-25(18-22-6-3-2-4-7-22)30(39)34-13-16-36-15-12-33-29(23)36/h2-4,6-12,15,19-20,25,32H,5,13-14,16-18,21H2,1H3,(H,34,39)(H,35,38)/t25-/m0/s1. The van der Waals surface area contributed by atoms with Crippen LogP contribution in [0.4, 0.5) is 0 Å². The Kier molecular flexibility index (Phi) is 9.17. The van der Waals surface area contributed by atoms with Gasteiger partial charge in [0.25, 0.3) is 5.91 Å². The molecule has 3 N–H and O–H groups in total. The number of hydrogen-bond acceptors (Lipinski definition) is 6. The van der Waals surface area contributed by atoms with E-state index in [9.17, 15) is 14.4 Å². The molecule has 2 aromatic heterocycles. The third-order valence-corrected chi connectivity index (χ3v) is 7.02. The molecule has 0 spiro atoms. The molecule has 3 amide bonds. The van der Waals surface area contributed by atoms with Crippen molar-refractivity contribution in [1.82, 2.24) is 30.1 Å². The molecule has 0 unspecified atom stereocenters. The predicted molar refractivity (Wildman–Crippen MR) is 156 cm³/mol. The van der Waals surface area contributed by atoms with E-state index in [1.807, 2.05) is 59.3 Å². The molecule has 0 radical (unpaired) electrons. The van der Waals surface area contributed by atoms with Gasteiger partial charge in [0.05, 0.1) is 25.8 Å². The molecule has 5 rings (SSSR count). The Morgan fingerprint density at radius 1 is 1.12 bits per heavy atom. The van der Waals surface area contributed by atoms with Crippen molar-refractivity contribution < 1.29 is 23.9 Å². The highest BCUT2D eigenvalue weighted by molar-refractivity contribution is 5.97. The van der Waals surface area contributed by atoms with E-state index in [1.54, 1.807) is 31.8 Å². The number of amides is 3. The summed E-state index contributed by atoms with van der Waals surface area (Å²) in [6.45, 7) is 1.13. The molecule has 1 atom stereocenters. The molecule has 218 valence electrons. The van der Waals surface area contributed by atoms with Crippen LogP contribution >= 0.6 is 0 Å². The van der Waals surface area contributed by atoms with Gasteiger partial charge in [-0.15, -0.1) is 0 Å². The maximum atomic E-state index is 13.4. The third kappa shape index (κ3) is 6.98. The van der Waals surface area contributed by atoms with Gasteiger partial charge >= 0.3 is 0 Å². The molecule has 2 bridgehead atoms. The molecule has 0 aliphatic carbocycles. The molecule has 1 aliphatic rings. The highest BCUT2D eigenvalue weighted by Crippen LogP contribution is 2.32. The van der Waals surface area contributed by atoms with E-state index < -0.39 is 11.9 Å². The first-order valence-electron chi connectivity index (χ1n) is 13.9. The lowest BCUT2D eigenvalue weighted by atomic mass is 10.1. The Morgan fingerprint density at radius 3 is 2.76 bits per heavy atom. The summed E-state index contributed by atoms with van der Waals surface area (Å²) in [6.07, 6.45) is 7.57. The second-order valence-corrected chi connectivity index (χ2v) is 9.94. The van der Waals surface area contributed by atoms with E-state index in [0.29, 0.717) is 43.0 Å². The van der Waals surface area contributed by atoms with Gasteiger partial charge in [0.1, 0.15) is 11.9 Å². The van der Waals surface area contributed by atoms with Crippen LogP contribution in [0.15, 0.2) is 79.4 Å². The largest absolute Gasteiger partial charge is 0.493 e. The van der Waals surface area contributed by atoms with Crippen molar-refractivity contribution in [3.8, 4) is 22.9 Å². The fraction of sp³-hybridized carbons (Fsp3) is 0.290. The van der Waals surface area contributed by atoms with Gasteiger partial charge in [-0.3, -0.25) is 14.4 Å². The number of imidazole rings is 1. The van der Waals surface area contributed by atoms with E-state index in [1.165, 1.54) is 4.90 Å². The number of aromatic nitrogens is 3. The summed E-state index contributed by atoms with van der Waals surface area (Å²) in [5.41, 5.74) is 2.18. The molecule has 3 heterocycles. The molecule has 0 saturated heterocycles. The number of methoxy groups -OCH3 is 1. The van der Waals surface area contributed by atoms with E-state index in [-0.39, 0.29) is 31.5 Å². The first kappa shape index (κ1) is 28.5. The second-order valence-electron chi connectivity index (χ2n) is 9.94. The van der Waals surface area contributed by atoms with Crippen molar-refractivity contribution in [2.45, 2.75) is 25.4 Å². The Hall–Kier alpha value is -5.06. The molecule has 4 aromatic rings. The van der Waals surface area contributed by atoms with Crippen LogP contribution in [0.5, 0.6) is 11.5 Å². The zero-order valence-corrected chi connectivity index (χ0v) is 23.4. The summed E-state index contributed by atoms with van der Waals surface area (Å²) in [5, 5.41) is 5.82. The first-order valence-corrected chi connectivity index (χ1v) is 13.9. The Balaban J connectivity index is 1.43. The van der Waals surface area contributed by atoms with E-state index in [2.05, 4.69) is 20.6 Å². The maximum absolute atomic E-state index is 13.4. The van der Waals surface area contributed by atoms with Crippen molar-refractivity contribution in [1.29, 1.82) is 0 Å². The zero-order chi connectivity index (χ0) is 29.3. The summed E-state index contributed by atoms with van der Waals surface area (Å²) < 4.78 is 13.5. The van der Waals surface area contributed by atoms with Gasteiger partial charge in [-0.05, 0) is 36.2 Å². The van der Waals surface area contributed by atoms with Crippen LogP contribution in [0, 0.1) is 0 Å². The number of fused-ring (bicyclic) bond motifs is 4. The van der Waals surface area contributed by atoms with Crippen LogP contribution in [0.3, 0.4) is 0 Å². The van der Waals surface area contributed by atoms with Crippen LogP contribution < -0.4 is 20.1 Å². The minimum atomic E-state index is -0.822. The number of ether oxygens (including phenoxy) is 2. The van der Waals surface area contributed by atoms with Crippen LogP contribution in [-0.2, 0) is 22.6 Å². The Morgan fingerprint density at radius 2 is 1.98 bits per heavy atom. The predicted octanol–water partition coefficient (Wildman–Crippen LogP) is 2.66. The van der Waals surface area contributed by atoms with Gasteiger partial charge in [0.2, 0.25) is 11.8 Å². The normalized spacial score (nSPS) is 16.7. The number of H-pyrrole nitrogens is 1. The summed E-state index contributed by atoms with van der Waals surface area (Å²) in [7, 11) is 1.57. The molecule has 42 heavy (non-hydrogen) atoms. The van der Waals surface area contributed by atoms with Crippen molar-refractivity contribution >= 4 is 17.7 Å². The third-order valence-electron chi connectivity index (χ3n) is 7.02. The molecule has 0 saturated carbocycles. The lowest BCUT2D eigenvalue weighted by molar-refractivity contribution is -0.129. The second kappa shape index (κ2) is 13.5. The smallest absolute Gasteiger partial charge is 0.255 e. The number of carbonyl (C=O) groups excluding carboxylic acids is 3. The Labute approximate surface area is 243 Å². The highest BCUT2D eigenvalue weighted by Gasteiger charge is 2.25. The summed E-state index contributed by atoms with van der Waals surface area (Å²) in [4.78, 5) is 48.8. The molecule has 1 aliphatic heterocycles. The van der Waals surface area contributed by atoms with Crippen LogP contribution in [0.25, 0.3) is 11.4 Å². The summed E-state index contributed by atoms with van der Waals surface area (Å²) in [5.74, 6) is 0.806. The van der Waals surface area contributed by atoms with Crippen molar-refractivity contribution in [2.24, 2.45) is 0 Å². The number of hydrogen-bond donors (Lipinski definition) is 3. The quantitative estimate of drug-likeness (QED) is 0.346. The van der Waals surface area contributed by atoms with Crippen molar-refractivity contribution in [2.75, 3.05) is 33.4 Å². The SMILES string of the molecule is COc1ccc2cc1OCCCN(C(=O)c1cc[nH]c1)CC(=O)N[C@@H](Cc1ccccc1)C(=O)NCCn1ccnc1-2.